The lowest BCUT2D eigenvalue weighted by atomic mass is 10.2. The largest absolute Gasteiger partial charge is 0.295 e. The molecule has 2 aromatic heterocycles. The zero-order chi connectivity index (χ0) is 15.3. The third kappa shape index (κ3) is 2.35. The lowest BCUT2D eigenvalue weighted by Gasteiger charge is -2.13. The molecule has 0 spiro atoms. The maximum absolute atomic E-state index is 6.41. The Morgan fingerprint density at radius 2 is 1.71 bits per heavy atom. The number of rotatable bonds is 1. The van der Waals surface area contributed by atoms with Crippen LogP contribution in [0, 0.1) is 20.8 Å². The van der Waals surface area contributed by atoms with Crippen LogP contribution in [0.2, 0.25) is 10.0 Å². The van der Waals surface area contributed by atoms with E-state index in [-0.39, 0.29) is 0 Å². The molecule has 1 aromatic carbocycles. The molecule has 0 N–H and O–H groups in total. The summed E-state index contributed by atoms with van der Waals surface area (Å²) in [5, 5.41) is 2.16. The Labute approximate surface area is 141 Å². The molecule has 0 saturated heterocycles. The number of nitrogens with zero attached hydrogens (tertiary/aromatic N) is 3. The van der Waals surface area contributed by atoms with E-state index in [9.17, 15) is 0 Å². The summed E-state index contributed by atoms with van der Waals surface area (Å²) >= 11 is 16.2. The molecule has 0 aliphatic heterocycles. The Morgan fingerprint density at radius 1 is 1.10 bits per heavy atom. The fraction of sp³-hybridized carbons (Fsp3) is 0.200. The van der Waals surface area contributed by atoms with Crippen LogP contribution in [0.3, 0.4) is 0 Å². The summed E-state index contributed by atoms with van der Waals surface area (Å²) in [5.41, 5.74) is 3.75. The molecule has 0 fully saturated rings. The standard InChI is InChI=1S/C15H12BrCl2N3/c1-7-8(2)21(15-11(7)6-19-9(3)20-15)14-12(17)4-10(16)5-13(14)18/h4-6H,1-3H3. The van der Waals surface area contributed by atoms with Gasteiger partial charge in [-0.15, -0.1) is 0 Å². The van der Waals surface area contributed by atoms with Gasteiger partial charge < -0.3 is 0 Å². The van der Waals surface area contributed by atoms with Gasteiger partial charge >= 0.3 is 0 Å². The molecular weight excluding hydrogens is 373 g/mol. The molecular formula is C15H12BrCl2N3. The van der Waals surface area contributed by atoms with Crippen molar-refractivity contribution in [1.29, 1.82) is 0 Å². The van der Waals surface area contributed by atoms with Crippen LogP contribution in [0.15, 0.2) is 22.8 Å². The van der Waals surface area contributed by atoms with Gasteiger partial charge in [0.1, 0.15) is 11.5 Å². The molecule has 2 heterocycles. The van der Waals surface area contributed by atoms with Crippen molar-refractivity contribution >= 4 is 50.2 Å². The minimum Gasteiger partial charge on any atom is -0.295 e. The Kier molecular flexibility index (Phi) is 3.72. The van der Waals surface area contributed by atoms with Gasteiger partial charge in [-0.05, 0) is 38.5 Å². The molecule has 21 heavy (non-hydrogen) atoms. The van der Waals surface area contributed by atoms with E-state index < -0.39 is 0 Å². The SMILES string of the molecule is Cc1ncc2c(C)c(C)n(-c3c(Cl)cc(Br)cc3Cl)c2n1. The summed E-state index contributed by atoms with van der Waals surface area (Å²) in [7, 11) is 0. The second-order valence-electron chi connectivity index (χ2n) is 4.92. The second-order valence-corrected chi connectivity index (χ2v) is 6.65. The van der Waals surface area contributed by atoms with Crippen molar-refractivity contribution in [2.75, 3.05) is 0 Å². The monoisotopic (exact) mass is 383 g/mol. The minimum absolute atomic E-state index is 0.575. The molecule has 0 unspecified atom stereocenters. The Morgan fingerprint density at radius 3 is 2.33 bits per heavy atom. The molecule has 0 amide bonds. The first-order valence-electron chi connectivity index (χ1n) is 6.36. The predicted octanol–water partition coefficient (Wildman–Crippen LogP) is 5.42. The predicted molar refractivity (Wildman–Crippen MR) is 90.8 cm³/mol. The summed E-state index contributed by atoms with van der Waals surface area (Å²) in [6, 6.07) is 3.66. The highest BCUT2D eigenvalue weighted by Gasteiger charge is 2.19. The van der Waals surface area contributed by atoms with Gasteiger partial charge in [0.2, 0.25) is 0 Å². The number of aryl methyl sites for hydroxylation is 2. The number of aromatic nitrogens is 3. The highest BCUT2D eigenvalue weighted by molar-refractivity contribution is 9.10. The van der Waals surface area contributed by atoms with Crippen LogP contribution >= 0.6 is 39.1 Å². The van der Waals surface area contributed by atoms with E-state index in [0.29, 0.717) is 15.9 Å². The van der Waals surface area contributed by atoms with Gasteiger partial charge in [0.15, 0.2) is 0 Å². The maximum atomic E-state index is 6.41. The zero-order valence-electron chi connectivity index (χ0n) is 11.7. The smallest absolute Gasteiger partial charge is 0.148 e. The van der Waals surface area contributed by atoms with Gasteiger partial charge in [0.05, 0.1) is 15.7 Å². The van der Waals surface area contributed by atoms with E-state index in [1.807, 2.05) is 43.7 Å². The van der Waals surface area contributed by atoms with Crippen LogP contribution in [-0.4, -0.2) is 14.5 Å². The van der Waals surface area contributed by atoms with Crippen molar-refractivity contribution in [2.24, 2.45) is 0 Å². The molecule has 0 bridgehead atoms. The maximum Gasteiger partial charge on any atom is 0.148 e. The minimum atomic E-state index is 0.575. The third-order valence-corrected chi connectivity index (χ3v) is 4.62. The fourth-order valence-corrected chi connectivity index (χ4v) is 3.81. The average Bonchev–Trinajstić information content (AvgIpc) is 2.62. The summed E-state index contributed by atoms with van der Waals surface area (Å²) in [6.07, 6.45) is 1.84. The fourth-order valence-electron chi connectivity index (χ4n) is 2.44. The normalized spacial score (nSPS) is 11.3. The number of fused-ring (bicyclic) bond motifs is 1. The molecule has 0 aliphatic carbocycles. The van der Waals surface area contributed by atoms with Crippen LogP contribution in [0.1, 0.15) is 17.1 Å². The van der Waals surface area contributed by atoms with Crippen LogP contribution in [0.4, 0.5) is 0 Å². The molecule has 0 aliphatic rings. The highest BCUT2D eigenvalue weighted by Crippen LogP contribution is 2.36. The van der Waals surface area contributed by atoms with Gasteiger partial charge in [-0.25, -0.2) is 9.97 Å². The third-order valence-electron chi connectivity index (χ3n) is 3.59. The summed E-state index contributed by atoms with van der Waals surface area (Å²) in [4.78, 5) is 8.84. The van der Waals surface area contributed by atoms with E-state index in [0.717, 1.165) is 32.5 Å². The molecule has 0 saturated carbocycles. The summed E-state index contributed by atoms with van der Waals surface area (Å²) in [6.45, 7) is 5.95. The van der Waals surface area contributed by atoms with E-state index >= 15 is 0 Å². The van der Waals surface area contributed by atoms with E-state index in [1.165, 1.54) is 0 Å². The number of hydrogen-bond acceptors (Lipinski definition) is 2. The first-order chi connectivity index (χ1) is 9.90. The van der Waals surface area contributed by atoms with Gasteiger partial charge in [-0.1, -0.05) is 39.1 Å². The summed E-state index contributed by atoms with van der Waals surface area (Å²) in [5.74, 6) is 0.714. The Balaban J connectivity index is 2.46. The van der Waals surface area contributed by atoms with Crippen molar-refractivity contribution < 1.29 is 0 Å². The van der Waals surface area contributed by atoms with Gasteiger partial charge in [-0.3, -0.25) is 4.57 Å². The topological polar surface area (TPSA) is 30.7 Å². The lowest BCUT2D eigenvalue weighted by molar-refractivity contribution is 0.994. The van der Waals surface area contributed by atoms with Gasteiger partial charge in [0, 0.05) is 21.7 Å². The second kappa shape index (κ2) is 5.27. The van der Waals surface area contributed by atoms with Crippen LogP contribution < -0.4 is 0 Å². The van der Waals surface area contributed by atoms with E-state index in [2.05, 4.69) is 25.9 Å². The molecule has 3 aromatic rings. The number of benzene rings is 1. The van der Waals surface area contributed by atoms with Crippen molar-refractivity contribution in [2.45, 2.75) is 20.8 Å². The molecule has 3 nitrogen and oxygen atoms in total. The van der Waals surface area contributed by atoms with Crippen molar-refractivity contribution in [3.05, 3.63) is 49.9 Å². The first kappa shape index (κ1) is 14.8. The van der Waals surface area contributed by atoms with Crippen molar-refractivity contribution in [3.63, 3.8) is 0 Å². The van der Waals surface area contributed by atoms with E-state index in [1.54, 1.807) is 0 Å². The molecule has 108 valence electrons. The quantitative estimate of drug-likeness (QED) is 0.561. The van der Waals surface area contributed by atoms with Crippen molar-refractivity contribution in [3.8, 4) is 5.69 Å². The van der Waals surface area contributed by atoms with Crippen LogP contribution in [0.5, 0.6) is 0 Å². The highest BCUT2D eigenvalue weighted by atomic mass is 79.9. The Bertz CT molecular complexity index is 848. The van der Waals surface area contributed by atoms with E-state index in [4.69, 9.17) is 23.2 Å². The lowest BCUT2D eigenvalue weighted by Crippen LogP contribution is -2.01. The number of halogens is 3. The molecule has 0 atom stereocenters. The van der Waals surface area contributed by atoms with Crippen LogP contribution in [0.25, 0.3) is 16.7 Å². The van der Waals surface area contributed by atoms with Crippen molar-refractivity contribution in [1.82, 2.24) is 14.5 Å². The Hall–Kier alpha value is -1.10. The van der Waals surface area contributed by atoms with Crippen LogP contribution in [-0.2, 0) is 0 Å². The van der Waals surface area contributed by atoms with Gasteiger partial charge in [0.25, 0.3) is 0 Å². The van der Waals surface area contributed by atoms with Gasteiger partial charge in [-0.2, -0.15) is 0 Å². The number of hydrogen-bond donors (Lipinski definition) is 0. The first-order valence-corrected chi connectivity index (χ1v) is 7.91. The zero-order valence-corrected chi connectivity index (χ0v) is 14.8. The molecule has 0 radical (unpaired) electrons. The average molecular weight is 385 g/mol. The summed E-state index contributed by atoms with van der Waals surface area (Å²) < 4.78 is 2.84. The molecule has 3 rings (SSSR count). The molecule has 6 heteroatoms.